The van der Waals surface area contributed by atoms with E-state index in [1.807, 2.05) is 24.3 Å². The summed E-state index contributed by atoms with van der Waals surface area (Å²) in [5.74, 6) is -0.142. The van der Waals surface area contributed by atoms with E-state index in [1.54, 1.807) is 18.2 Å². The fourth-order valence-electron chi connectivity index (χ4n) is 3.18. The molecule has 4 nitrogen and oxygen atoms in total. The summed E-state index contributed by atoms with van der Waals surface area (Å²) in [4.78, 5) is 12.6. The molecule has 1 aliphatic heterocycles. The average molecular weight is 384 g/mol. The van der Waals surface area contributed by atoms with Crippen LogP contribution in [0.2, 0.25) is 0 Å². The second kappa shape index (κ2) is 8.63. The third kappa shape index (κ3) is 4.73. The van der Waals surface area contributed by atoms with Crippen LogP contribution in [-0.2, 0) is 16.4 Å². The van der Waals surface area contributed by atoms with Crippen LogP contribution in [0.15, 0.2) is 59.5 Å². The molecule has 1 aliphatic rings. The summed E-state index contributed by atoms with van der Waals surface area (Å²) in [5.41, 5.74) is 2.70. The number of aryl methyl sites for hydroxylation is 1. The van der Waals surface area contributed by atoms with E-state index in [1.165, 1.54) is 28.1 Å². The zero-order valence-electron chi connectivity index (χ0n) is 15.6. The van der Waals surface area contributed by atoms with Gasteiger partial charge in [-0.25, -0.2) is 8.42 Å². The average Bonchev–Trinajstić information content (AvgIpc) is 2.73. The van der Waals surface area contributed by atoms with Gasteiger partial charge in [0.1, 0.15) is 0 Å². The van der Waals surface area contributed by atoms with Crippen molar-refractivity contribution in [1.82, 2.24) is 4.31 Å². The number of hydrogen-bond donors (Lipinski definition) is 0. The zero-order chi connectivity index (χ0) is 19.3. The number of carbonyl (C=O) groups is 1. The highest BCUT2D eigenvalue weighted by molar-refractivity contribution is 7.89. The van der Waals surface area contributed by atoms with Crippen molar-refractivity contribution in [3.05, 3.63) is 71.3 Å². The summed E-state index contributed by atoms with van der Waals surface area (Å²) >= 11 is 0. The van der Waals surface area contributed by atoms with E-state index < -0.39 is 10.0 Å². The number of piperidine rings is 1. The molecule has 0 unspecified atom stereocenters. The molecule has 5 heteroatoms. The van der Waals surface area contributed by atoms with Gasteiger partial charge in [0, 0.05) is 18.7 Å². The monoisotopic (exact) mass is 383 g/mol. The molecular formula is C22H25NO3S. The van der Waals surface area contributed by atoms with Crippen molar-refractivity contribution in [1.29, 1.82) is 0 Å². The van der Waals surface area contributed by atoms with Gasteiger partial charge in [0.15, 0.2) is 5.78 Å². The Morgan fingerprint density at radius 2 is 1.59 bits per heavy atom. The molecule has 0 amide bonds. The van der Waals surface area contributed by atoms with Gasteiger partial charge < -0.3 is 0 Å². The second-order valence-electron chi connectivity index (χ2n) is 6.78. The van der Waals surface area contributed by atoms with Crippen LogP contribution >= 0.6 is 0 Å². The Bertz CT molecular complexity index is 907. The number of hydrogen-bond acceptors (Lipinski definition) is 3. The van der Waals surface area contributed by atoms with Crippen LogP contribution in [0, 0.1) is 0 Å². The zero-order valence-corrected chi connectivity index (χ0v) is 16.4. The molecule has 1 heterocycles. The molecule has 27 heavy (non-hydrogen) atoms. The van der Waals surface area contributed by atoms with Crippen LogP contribution in [0.1, 0.15) is 47.7 Å². The Morgan fingerprint density at radius 1 is 0.963 bits per heavy atom. The Hall–Kier alpha value is -2.24. The smallest absolute Gasteiger partial charge is 0.243 e. The maximum Gasteiger partial charge on any atom is 0.243 e. The fourth-order valence-corrected chi connectivity index (χ4v) is 4.70. The summed E-state index contributed by atoms with van der Waals surface area (Å²) in [6.07, 6.45) is 7.16. The van der Waals surface area contributed by atoms with Crippen LogP contribution in [0.5, 0.6) is 0 Å². The van der Waals surface area contributed by atoms with Crippen LogP contribution in [0.25, 0.3) is 6.08 Å². The van der Waals surface area contributed by atoms with Crippen molar-refractivity contribution >= 4 is 21.9 Å². The van der Waals surface area contributed by atoms with Crippen LogP contribution in [0.3, 0.4) is 0 Å². The molecule has 3 rings (SSSR count). The van der Waals surface area contributed by atoms with Crippen LogP contribution in [-0.4, -0.2) is 31.6 Å². The van der Waals surface area contributed by atoms with E-state index in [2.05, 4.69) is 6.92 Å². The van der Waals surface area contributed by atoms with Crippen molar-refractivity contribution in [2.45, 2.75) is 37.5 Å². The highest BCUT2D eigenvalue weighted by Crippen LogP contribution is 2.21. The standard InChI is InChI=1S/C22H25NO3S/c1-2-18-6-8-19(9-7-18)10-15-22(24)20-11-13-21(14-12-20)27(25,26)23-16-4-3-5-17-23/h6-15H,2-5,16-17H2,1H3/b15-10+. The van der Waals surface area contributed by atoms with Gasteiger partial charge in [0.25, 0.3) is 0 Å². The largest absolute Gasteiger partial charge is 0.289 e. The summed E-state index contributed by atoms with van der Waals surface area (Å²) in [5, 5.41) is 0. The number of ketones is 1. The molecule has 0 radical (unpaired) electrons. The van der Waals surface area contributed by atoms with Crippen LogP contribution < -0.4 is 0 Å². The van der Waals surface area contributed by atoms with Gasteiger partial charge in [0.2, 0.25) is 10.0 Å². The minimum Gasteiger partial charge on any atom is -0.289 e. The van der Waals surface area contributed by atoms with Gasteiger partial charge in [-0.1, -0.05) is 43.7 Å². The first-order valence-corrected chi connectivity index (χ1v) is 10.9. The highest BCUT2D eigenvalue weighted by Gasteiger charge is 2.25. The molecule has 0 saturated carbocycles. The molecule has 0 aromatic heterocycles. The molecule has 0 aliphatic carbocycles. The molecule has 0 spiro atoms. The minimum atomic E-state index is -3.46. The third-order valence-electron chi connectivity index (χ3n) is 4.91. The van der Waals surface area contributed by atoms with Gasteiger partial charge in [0.05, 0.1) is 4.90 Å². The van der Waals surface area contributed by atoms with Crippen molar-refractivity contribution in [3.8, 4) is 0 Å². The van der Waals surface area contributed by atoms with E-state index in [-0.39, 0.29) is 10.7 Å². The second-order valence-corrected chi connectivity index (χ2v) is 8.72. The van der Waals surface area contributed by atoms with Crippen molar-refractivity contribution in [2.75, 3.05) is 13.1 Å². The van der Waals surface area contributed by atoms with E-state index >= 15 is 0 Å². The Kier molecular flexibility index (Phi) is 6.24. The molecule has 2 aromatic rings. The number of nitrogens with zero attached hydrogens (tertiary/aromatic N) is 1. The lowest BCUT2D eigenvalue weighted by Gasteiger charge is -2.25. The first-order valence-electron chi connectivity index (χ1n) is 9.42. The van der Waals surface area contributed by atoms with E-state index in [0.717, 1.165) is 31.2 Å². The lowest BCUT2D eigenvalue weighted by molar-refractivity contribution is 0.104. The molecule has 2 aromatic carbocycles. The summed E-state index contributed by atoms with van der Waals surface area (Å²) in [7, 11) is -3.46. The Morgan fingerprint density at radius 3 is 2.19 bits per heavy atom. The molecular weight excluding hydrogens is 358 g/mol. The van der Waals surface area contributed by atoms with Crippen LogP contribution in [0.4, 0.5) is 0 Å². The first-order chi connectivity index (χ1) is 13.0. The molecule has 0 bridgehead atoms. The normalized spacial score (nSPS) is 15.9. The topological polar surface area (TPSA) is 54.5 Å². The van der Waals surface area contributed by atoms with Gasteiger partial charge in [-0.3, -0.25) is 4.79 Å². The molecule has 0 N–H and O–H groups in total. The number of rotatable bonds is 6. The van der Waals surface area contributed by atoms with E-state index in [9.17, 15) is 13.2 Å². The fraction of sp³-hybridized carbons (Fsp3) is 0.318. The SMILES string of the molecule is CCc1ccc(/C=C/C(=O)c2ccc(S(=O)(=O)N3CCCCC3)cc2)cc1. The quantitative estimate of drug-likeness (QED) is 0.551. The number of sulfonamides is 1. The minimum absolute atomic E-state index is 0.142. The third-order valence-corrected chi connectivity index (χ3v) is 6.82. The lowest BCUT2D eigenvalue weighted by Crippen LogP contribution is -2.35. The van der Waals surface area contributed by atoms with Gasteiger partial charge in [-0.05, 0) is 60.7 Å². The van der Waals surface area contributed by atoms with Crippen molar-refractivity contribution in [3.63, 3.8) is 0 Å². The van der Waals surface area contributed by atoms with Crippen molar-refractivity contribution in [2.24, 2.45) is 0 Å². The number of carbonyl (C=O) groups excluding carboxylic acids is 1. The highest BCUT2D eigenvalue weighted by atomic mass is 32.2. The van der Waals surface area contributed by atoms with E-state index in [4.69, 9.17) is 0 Å². The molecule has 1 saturated heterocycles. The van der Waals surface area contributed by atoms with Crippen molar-refractivity contribution < 1.29 is 13.2 Å². The number of allylic oxidation sites excluding steroid dienone is 1. The van der Waals surface area contributed by atoms with E-state index in [0.29, 0.717) is 18.7 Å². The molecule has 0 atom stereocenters. The van der Waals surface area contributed by atoms with Gasteiger partial charge in [-0.2, -0.15) is 4.31 Å². The molecule has 142 valence electrons. The van der Waals surface area contributed by atoms with Gasteiger partial charge in [-0.15, -0.1) is 0 Å². The molecule has 1 fully saturated rings. The summed E-state index contributed by atoms with van der Waals surface area (Å²) in [6, 6.07) is 14.3. The predicted molar refractivity (Wildman–Crippen MR) is 108 cm³/mol. The lowest BCUT2D eigenvalue weighted by atomic mass is 10.1. The Balaban J connectivity index is 1.70. The predicted octanol–water partition coefficient (Wildman–Crippen LogP) is 4.32. The van der Waals surface area contributed by atoms with Gasteiger partial charge >= 0.3 is 0 Å². The number of benzene rings is 2. The Labute approximate surface area is 161 Å². The summed E-state index contributed by atoms with van der Waals surface area (Å²) in [6.45, 7) is 3.24. The summed E-state index contributed by atoms with van der Waals surface area (Å²) < 4.78 is 26.9. The first kappa shape index (κ1) is 19.5. The maximum absolute atomic E-state index is 12.7. The maximum atomic E-state index is 12.7.